The van der Waals surface area contributed by atoms with Crippen LogP contribution in [-0.4, -0.2) is 35.5 Å². The highest BCUT2D eigenvalue weighted by Crippen LogP contribution is 2.20. The Labute approximate surface area is 138 Å². The maximum Gasteiger partial charge on any atom is 0.410 e. The Bertz CT molecular complexity index is 572. The predicted octanol–water partition coefficient (Wildman–Crippen LogP) is 4.07. The third-order valence-electron chi connectivity index (χ3n) is 3.69. The molecule has 1 aliphatic heterocycles. The van der Waals surface area contributed by atoms with Crippen molar-refractivity contribution in [2.24, 2.45) is 5.92 Å². The van der Waals surface area contributed by atoms with Crippen LogP contribution < -0.4 is 0 Å². The average molecular weight is 315 g/mol. The number of rotatable bonds is 3. The Balaban J connectivity index is 1.92. The number of piperidine rings is 1. The van der Waals surface area contributed by atoms with Crippen LogP contribution in [0.15, 0.2) is 42.5 Å². The van der Waals surface area contributed by atoms with Crippen LogP contribution in [-0.2, 0) is 4.74 Å². The molecule has 0 N–H and O–H groups in total. The number of allylic oxidation sites excluding steroid dienone is 1. The Morgan fingerprint density at radius 2 is 1.91 bits per heavy atom. The number of carbonyl (C=O) groups is 2. The Morgan fingerprint density at radius 3 is 2.57 bits per heavy atom. The van der Waals surface area contributed by atoms with Gasteiger partial charge in [-0.1, -0.05) is 36.4 Å². The van der Waals surface area contributed by atoms with Gasteiger partial charge in [-0.15, -0.1) is 0 Å². The number of ketones is 1. The van der Waals surface area contributed by atoms with Crippen molar-refractivity contribution in [2.75, 3.05) is 13.1 Å². The van der Waals surface area contributed by atoms with Gasteiger partial charge in [0.1, 0.15) is 5.60 Å². The molecular formula is C19H25NO3. The summed E-state index contributed by atoms with van der Waals surface area (Å²) >= 11 is 0. The molecule has 0 aliphatic carbocycles. The van der Waals surface area contributed by atoms with Crippen LogP contribution >= 0.6 is 0 Å². The third kappa shape index (κ3) is 5.55. The number of nitrogens with zero attached hydrogens (tertiary/aromatic N) is 1. The van der Waals surface area contributed by atoms with E-state index in [0.717, 1.165) is 12.8 Å². The van der Waals surface area contributed by atoms with Gasteiger partial charge >= 0.3 is 6.09 Å². The smallest absolute Gasteiger partial charge is 0.410 e. The van der Waals surface area contributed by atoms with Gasteiger partial charge in [-0.25, -0.2) is 4.79 Å². The lowest BCUT2D eigenvalue weighted by molar-refractivity contribution is 0.0187. The molecule has 1 unspecified atom stereocenters. The van der Waals surface area contributed by atoms with Gasteiger partial charge in [0.15, 0.2) is 5.78 Å². The number of hydrogen-bond donors (Lipinski definition) is 0. The summed E-state index contributed by atoms with van der Waals surface area (Å²) in [5.74, 6) is 0.198. The number of benzene rings is 1. The van der Waals surface area contributed by atoms with E-state index < -0.39 is 5.60 Å². The molecule has 0 aromatic heterocycles. The highest BCUT2D eigenvalue weighted by Gasteiger charge is 2.26. The van der Waals surface area contributed by atoms with E-state index in [-0.39, 0.29) is 17.8 Å². The standard InChI is InChI=1S/C19H25NO3/c1-19(2,3)23-18(22)20-13-7-8-15(14-20)11-12-17(21)16-9-5-4-6-10-16/h4-6,9-12,15H,7-8,13-14H2,1-3H3/b12-11+. The van der Waals surface area contributed by atoms with Gasteiger partial charge in [0.05, 0.1) is 0 Å². The Morgan fingerprint density at radius 1 is 1.22 bits per heavy atom. The molecule has 1 aliphatic rings. The molecular weight excluding hydrogens is 290 g/mol. The molecule has 4 nitrogen and oxygen atoms in total. The van der Waals surface area contributed by atoms with Crippen molar-refractivity contribution in [3.05, 3.63) is 48.0 Å². The van der Waals surface area contributed by atoms with Gasteiger partial charge in [0.2, 0.25) is 0 Å². The first-order valence-corrected chi connectivity index (χ1v) is 8.11. The first kappa shape index (κ1) is 17.3. The van der Waals surface area contributed by atoms with Crippen molar-refractivity contribution in [2.45, 2.75) is 39.2 Å². The number of amides is 1. The first-order chi connectivity index (χ1) is 10.8. The number of ether oxygens (including phenoxy) is 1. The van der Waals surface area contributed by atoms with Crippen molar-refractivity contribution in [3.8, 4) is 0 Å². The van der Waals surface area contributed by atoms with E-state index in [0.29, 0.717) is 18.7 Å². The second-order valence-corrected chi connectivity index (χ2v) is 6.92. The van der Waals surface area contributed by atoms with E-state index in [2.05, 4.69) is 0 Å². The summed E-state index contributed by atoms with van der Waals surface area (Å²) in [4.78, 5) is 26.0. The predicted molar refractivity (Wildman–Crippen MR) is 90.4 cm³/mol. The Kier molecular flexibility index (Phi) is 5.59. The highest BCUT2D eigenvalue weighted by molar-refractivity contribution is 6.04. The monoisotopic (exact) mass is 315 g/mol. The molecule has 23 heavy (non-hydrogen) atoms. The molecule has 0 saturated carbocycles. The molecule has 0 spiro atoms. The zero-order valence-electron chi connectivity index (χ0n) is 14.1. The second-order valence-electron chi connectivity index (χ2n) is 6.92. The van der Waals surface area contributed by atoms with Gasteiger partial charge in [0, 0.05) is 18.7 Å². The lowest BCUT2D eigenvalue weighted by atomic mass is 9.97. The third-order valence-corrected chi connectivity index (χ3v) is 3.69. The maximum atomic E-state index is 12.1. The van der Waals surface area contributed by atoms with E-state index in [1.54, 1.807) is 23.1 Å². The summed E-state index contributed by atoms with van der Waals surface area (Å²) < 4.78 is 5.42. The van der Waals surface area contributed by atoms with Crippen molar-refractivity contribution < 1.29 is 14.3 Å². The molecule has 1 saturated heterocycles. The number of hydrogen-bond acceptors (Lipinski definition) is 3. The van der Waals surface area contributed by atoms with Crippen LogP contribution in [0.25, 0.3) is 0 Å². The van der Waals surface area contributed by atoms with E-state index in [1.807, 2.05) is 45.0 Å². The zero-order valence-corrected chi connectivity index (χ0v) is 14.1. The lowest BCUT2D eigenvalue weighted by Gasteiger charge is -2.33. The Hall–Kier alpha value is -2.10. The summed E-state index contributed by atoms with van der Waals surface area (Å²) in [7, 11) is 0. The molecule has 0 radical (unpaired) electrons. The van der Waals surface area contributed by atoms with Crippen LogP contribution in [0.3, 0.4) is 0 Å². The number of carbonyl (C=O) groups excluding carboxylic acids is 2. The molecule has 1 amide bonds. The zero-order chi connectivity index (χ0) is 16.9. The molecule has 0 bridgehead atoms. The lowest BCUT2D eigenvalue weighted by Crippen LogP contribution is -2.42. The fourth-order valence-corrected chi connectivity index (χ4v) is 2.58. The van der Waals surface area contributed by atoms with E-state index in [9.17, 15) is 9.59 Å². The normalized spacial score (nSPS) is 18.9. The van der Waals surface area contributed by atoms with Crippen LogP contribution in [0.4, 0.5) is 4.79 Å². The molecule has 1 atom stereocenters. The average Bonchev–Trinajstić information content (AvgIpc) is 2.52. The van der Waals surface area contributed by atoms with E-state index in [4.69, 9.17) is 4.74 Å². The largest absolute Gasteiger partial charge is 0.444 e. The molecule has 1 fully saturated rings. The van der Waals surface area contributed by atoms with Gasteiger partial charge in [-0.05, 0) is 45.6 Å². The minimum Gasteiger partial charge on any atom is -0.444 e. The first-order valence-electron chi connectivity index (χ1n) is 8.11. The van der Waals surface area contributed by atoms with Gasteiger partial charge in [0.25, 0.3) is 0 Å². The summed E-state index contributed by atoms with van der Waals surface area (Å²) in [6, 6.07) is 9.21. The van der Waals surface area contributed by atoms with Crippen molar-refractivity contribution in [3.63, 3.8) is 0 Å². The van der Waals surface area contributed by atoms with Crippen molar-refractivity contribution in [1.82, 2.24) is 4.90 Å². The van der Waals surface area contributed by atoms with Crippen molar-refractivity contribution >= 4 is 11.9 Å². The second kappa shape index (κ2) is 7.44. The van der Waals surface area contributed by atoms with Crippen molar-refractivity contribution in [1.29, 1.82) is 0 Å². The quantitative estimate of drug-likeness (QED) is 0.624. The van der Waals surface area contributed by atoms with Crippen LogP contribution in [0.5, 0.6) is 0 Å². The molecule has 2 rings (SSSR count). The maximum absolute atomic E-state index is 12.1. The minimum absolute atomic E-state index is 0.00000785. The fourth-order valence-electron chi connectivity index (χ4n) is 2.58. The summed E-state index contributed by atoms with van der Waals surface area (Å²) in [6.45, 7) is 6.92. The van der Waals surface area contributed by atoms with Crippen LogP contribution in [0, 0.1) is 5.92 Å². The SMILES string of the molecule is CC(C)(C)OC(=O)N1CCCC(/C=C/C(=O)c2ccccc2)C1. The molecule has 1 aromatic rings. The minimum atomic E-state index is -0.483. The number of likely N-dealkylation sites (tertiary alicyclic amines) is 1. The van der Waals surface area contributed by atoms with E-state index >= 15 is 0 Å². The molecule has 1 heterocycles. The van der Waals surface area contributed by atoms with Gasteiger partial charge < -0.3 is 9.64 Å². The van der Waals surface area contributed by atoms with Gasteiger partial charge in [-0.3, -0.25) is 4.79 Å². The van der Waals surface area contributed by atoms with Crippen LogP contribution in [0.2, 0.25) is 0 Å². The van der Waals surface area contributed by atoms with E-state index in [1.165, 1.54) is 0 Å². The summed E-state index contributed by atoms with van der Waals surface area (Å²) in [5.41, 5.74) is 0.201. The molecule has 124 valence electrons. The topological polar surface area (TPSA) is 46.6 Å². The fraction of sp³-hybridized carbons (Fsp3) is 0.474. The highest BCUT2D eigenvalue weighted by atomic mass is 16.6. The summed E-state index contributed by atoms with van der Waals surface area (Å²) in [5, 5.41) is 0. The summed E-state index contributed by atoms with van der Waals surface area (Å²) in [6.07, 6.45) is 5.18. The molecule has 1 aromatic carbocycles. The molecule has 4 heteroatoms. The van der Waals surface area contributed by atoms with Gasteiger partial charge in [-0.2, -0.15) is 0 Å². The van der Waals surface area contributed by atoms with Crippen LogP contribution in [0.1, 0.15) is 44.0 Å².